The predicted octanol–water partition coefficient (Wildman–Crippen LogP) is 3.50. The van der Waals surface area contributed by atoms with Gasteiger partial charge >= 0.3 is 0 Å². The Kier molecular flexibility index (Phi) is 4.56. The first-order chi connectivity index (χ1) is 9.08. The van der Waals surface area contributed by atoms with Crippen molar-refractivity contribution in [3.05, 3.63) is 58.3 Å². The number of rotatable bonds is 4. The van der Waals surface area contributed by atoms with E-state index in [-0.39, 0.29) is 6.04 Å². The molecule has 100 valence electrons. The summed E-state index contributed by atoms with van der Waals surface area (Å²) in [5, 5.41) is 0. The van der Waals surface area contributed by atoms with E-state index in [0.717, 1.165) is 28.0 Å². The molecule has 0 amide bonds. The molecule has 0 aliphatic carbocycles. The van der Waals surface area contributed by atoms with E-state index in [1.54, 1.807) is 0 Å². The van der Waals surface area contributed by atoms with Gasteiger partial charge in [0.2, 0.25) is 0 Å². The summed E-state index contributed by atoms with van der Waals surface area (Å²) in [4.78, 5) is 6.51. The first kappa shape index (κ1) is 14.0. The summed E-state index contributed by atoms with van der Waals surface area (Å²) in [5.74, 6) is 0. The Bertz CT molecular complexity index is 540. The lowest BCUT2D eigenvalue weighted by molar-refractivity contribution is 0.815. The van der Waals surface area contributed by atoms with Gasteiger partial charge in [0.1, 0.15) is 0 Å². The van der Waals surface area contributed by atoms with E-state index in [9.17, 15) is 0 Å². The van der Waals surface area contributed by atoms with Gasteiger partial charge in [0.05, 0.1) is 17.9 Å². The fourth-order valence-corrected chi connectivity index (χ4v) is 2.63. The molecule has 0 bridgehead atoms. The van der Waals surface area contributed by atoms with E-state index >= 15 is 0 Å². The summed E-state index contributed by atoms with van der Waals surface area (Å²) in [5.41, 5.74) is 9.20. The van der Waals surface area contributed by atoms with E-state index in [2.05, 4.69) is 51.1 Å². The van der Waals surface area contributed by atoms with Crippen molar-refractivity contribution in [2.75, 3.05) is 11.9 Å². The third-order valence-corrected chi connectivity index (χ3v) is 3.67. The van der Waals surface area contributed by atoms with E-state index in [4.69, 9.17) is 5.73 Å². The van der Waals surface area contributed by atoms with Crippen LogP contribution in [0.2, 0.25) is 0 Å². The summed E-state index contributed by atoms with van der Waals surface area (Å²) in [6, 6.07) is 12.2. The summed E-state index contributed by atoms with van der Waals surface area (Å²) < 4.78 is 1.06. The first-order valence-corrected chi connectivity index (χ1v) is 7.03. The number of halogens is 1. The van der Waals surface area contributed by atoms with Gasteiger partial charge < -0.3 is 10.6 Å². The van der Waals surface area contributed by atoms with E-state index < -0.39 is 0 Å². The Labute approximate surface area is 122 Å². The van der Waals surface area contributed by atoms with Crippen LogP contribution in [0.15, 0.2) is 47.1 Å². The fourth-order valence-electron chi connectivity index (χ4n) is 1.94. The second-order valence-corrected chi connectivity index (χ2v) is 5.53. The van der Waals surface area contributed by atoms with Crippen molar-refractivity contribution in [1.82, 2.24) is 4.98 Å². The van der Waals surface area contributed by atoms with Crippen molar-refractivity contribution in [3.8, 4) is 0 Å². The SMILES string of the molecule is C[C@@H](N)c1ccc(N(C)Cc2ccccn2)c(Br)c1. The highest BCUT2D eigenvalue weighted by Gasteiger charge is 2.09. The molecule has 19 heavy (non-hydrogen) atoms. The highest BCUT2D eigenvalue weighted by atomic mass is 79.9. The average molecular weight is 320 g/mol. The third kappa shape index (κ3) is 3.55. The molecule has 1 atom stereocenters. The highest BCUT2D eigenvalue weighted by Crippen LogP contribution is 2.29. The van der Waals surface area contributed by atoms with Crippen molar-refractivity contribution in [1.29, 1.82) is 0 Å². The molecule has 0 saturated heterocycles. The number of anilines is 1. The van der Waals surface area contributed by atoms with Crippen LogP contribution in [0.1, 0.15) is 24.2 Å². The van der Waals surface area contributed by atoms with Crippen molar-refractivity contribution >= 4 is 21.6 Å². The molecule has 0 aliphatic rings. The topological polar surface area (TPSA) is 42.1 Å². The fraction of sp³-hybridized carbons (Fsp3) is 0.267. The van der Waals surface area contributed by atoms with Crippen molar-refractivity contribution in [3.63, 3.8) is 0 Å². The molecule has 3 nitrogen and oxygen atoms in total. The van der Waals surface area contributed by atoms with Crippen LogP contribution in [-0.2, 0) is 6.54 Å². The Morgan fingerprint density at radius 1 is 1.32 bits per heavy atom. The lowest BCUT2D eigenvalue weighted by Crippen LogP contribution is -2.18. The molecule has 2 aromatic rings. The van der Waals surface area contributed by atoms with Gasteiger partial charge in [-0.05, 0) is 52.7 Å². The minimum Gasteiger partial charge on any atom is -0.368 e. The van der Waals surface area contributed by atoms with Crippen LogP contribution in [-0.4, -0.2) is 12.0 Å². The van der Waals surface area contributed by atoms with E-state index in [1.165, 1.54) is 0 Å². The van der Waals surface area contributed by atoms with Crippen LogP contribution in [0.4, 0.5) is 5.69 Å². The Hall–Kier alpha value is -1.39. The van der Waals surface area contributed by atoms with E-state index in [0.29, 0.717) is 0 Å². The third-order valence-electron chi connectivity index (χ3n) is 3.03. The van der Waals surface area contributed by atoms with Gasteiger partial charge in [0, 0.05) is 23.8 Å². The van der Waals surface area contributed by atoms with Gasteiger partial charge in [0.15, 0.2) is 0 Å². The van der Waals surface area contributed by atoms with Crippen molar-refractivity contribution in [2.45, 2.75) is 19.5 Å². The summed E-state index contributed by atoms with van der Waals surface area (Å²) in [6.07, 6.45) is 1.82. The molecule has 2 rings (SSSR count). The Morgan fingerprint density at radius 3 is 2.68 bits per heavy atom. The van der Waals surface area contributed by atoms with Crippen LogP contribution < -0.4 is 10.6 Å². The molecule has 0 saturated carbocycles. The zero-order valence-corrected chi connectivity index (χ0v) is 12.8. The van der Waals surface area contributed by atoms with Crippen LogP contribution >= 0.6 is 15.9 Å². The van der Waals surface area contributed by atoms with Gasteiger partial charge in [-0.15, -0.1) is 0 Å². The number of pyridine rings is 1. The minimum absolute atomic E-state index is 0.0476. The summed E-state index contributed by atoms with van der Waals surface area (Å²) >= 11 is 3.61. The lowest BCUT2D eigenvalue weighted by atomic mass is 10.1. The van der Waals surface area contributed by atoms with Crippen LogP contribution in [0.5, 0.6) is 0 Å². The number of benzene rings is 1. The molecule has 1 heterocycles. The second-order valence-electron chi connectivity index (χ2n) is 4.68. The maximum absolute atomic E-state index is 5.89. The predicted molar refractivity (Wildman–Crippen MR) is 83.1 cm³/mol. The Balaban J connectivity index is 2.17. The monoisotopic (exact) mass is 319 g/mol. The smallest absolute Gasteiger partial charge is 0.0599 e. The quantitative estimate of drug-likeness (QED) is 0.937. The standard InChI is InChI=1S/C15H18BrN3/c1-11(17)12-6-7-15(14(16)9-12)19(2)10-13-5-3-4-8-18-13/h3-9,11H,10,17H2,1-2H3/t11-/m1/s1. The van der Waals surface area contributed by atoms with Gasteiger partial charge in [-0.25, -0.2) is 0 Å². The number of aromatic nitrogens is 1. The molecule has 4 heteroatoms. The number of nitrogens with two attached hydrogens (primary N) is 1. The molecule has 0 unspecified atom stereocenters. The van der Waals surface area contributed by atoms with Gasteiger partial charge in [-0.2, -0.15) is 0 Å². The average Bonchev–Trinajstić information content (AvgIpc) is 2.39. The van der Waals surface area contributed by atoms with Gasteiger partial charge in [-0.1, -0.05) is 12.1 Å². The number of nitrogens with zero attached hydrogens (tertiary/aromatic N) is 2. The normalized spacial score (nSPS) is 12.2. The summed E-state index contributed by atoms with van der Waals surface area (Å²) in [6.45, 7) is 2.76. The van der Waals surface area contributed by atoms with Crippen LogP contribution in [0.25, 0.3) is 0 Å². The first-order valence-electron chi connectivity index (χ1n) is 6.24. The maximum atomic E-state index is 5.89. The van der Waals surface area contributed by atoms with Crippen LogP contribution in [0, 0.1) is 0 Å². The number of hydrogen-bond acceptors (Lipinski definition) is 3. The molecule has 0 radical (unpaired) electrons. The van der Waals surface area contributed by atoms with Crippen molar-refractivity contribution in [2.24, 2.45) is 5.73 Å². The highest BCUT2D eigenvalue weighted by molar-refractivity contribution is 9.10. The zero-order valence-electron chi connectivity index (χ0n) is 11.2. The second kappa shape index (κ2) is 6.17. The van der Waals surface area contributed by atoms with Crippen LogP contribution in [0.3, 0.4) is 0 Å². The molecule has 0 spiro atoms. The largest absolute Gasteiger partial charge is 0.368 e. The molecular formula is C15H18BrN3. The zero-order chi connectivity index (χ0) is 13.8. The molecule has 1 aromatic heterocycles. The summed E-state index contributed by atoms with van der Waals surface area (Å²) in [7, 11) is 2.06. The van der Waals surface area contributed by atoms with E-state index in [1.807, 2.05) is 31.3 Å². The molecule has 0 aliphatic heterocycles. The lowest BCUT2D eigenvalue weighted by Gasteiger charge is -2.21. The van der Waals surface area contributed by atoms with Gasteiger partial charge in [0.25, 0.3) is 0 Å². The number of hydrogen-bond donors (Lipinski definition) is 1. The molecule has 1 aromatic carbocycles. The van der Waals surface area contributed by atoms with Gasteiger partial charge in [-0.3, -0.25) is 4.98 Å². The molecular weight excluding hydrogens is 302 g/mol. The minimum atomic E-state index is 0.0476. The van der Waals surface area contributed by atoms with Crippen molar-refractivity contribution < 1.29 is 0 Å². The molecule has 0 fully saturated rings. The maximum Gasteiger partial charge on any atom is 0.0599 e. The molecule has 2 N–H and O–H groups in total. The Morgan fingerprint density at radius 2 is 2.11 bits per heavy atom.